The van der Waals surface area contributed by atoms with Crippen LogP contribution in [0.15, 0.2) is 0 Å². The highest BCUT2D eigenvalue weighted by Crippen LogP contribution is 2.21. The molecule has 0 unspecified atom stereocenters. The molecule has 0 amide bonds. The van der Waals surface area contributed by atoms with Gasteiger partial charge in [-0.25, -0.2) is 0 Å². The number of methoxy groups -OCH3 is 5. The first-order valence-electron chi connectivity index (χ1n) is 8.46. The van der Waals surface area contributed by atoms with Gasteiger partial charge in [-0.1, -0.05) is 0 Å². The molecule has 0 bridgehead atoms. The van der Waals surface area contributed by atoms with Crippen molar-refractivity contribution in [3.05, 3.63) is 0 Å². The van der Waals surface area contributed by atoms with E-state index in [2.05, 4.69) is 15.0 Å². The maximum atomic E-state index is 5.43. The average Bonchev–Trinajstić information content (AvgIpc) is 2.69. The van der Waals surface area contributed by atoms with Crippen LogP contribution in [0.25, 0.3) is 0 Å². The summed E-state index contributed by atoms with van der Waals surface area (Å²) in [6.07, 6.45) is -0.543. The minimum Gasteiger partial charge on any atom is -0.364 e. The van der Waals surface area contributed by atoms with Gasteiger partial charge in [-0.05, 0) is 13.8 Å². The van der Waals surface area contributed by atoms with Crippen LogP contribution in [-0.2, 0) is 23.7 Å². The molecule has 11 nitrogen and oxygen atoms in total. The summed E-state index contributed by atoms with van der Waals surface area (Å²) in [5, 5.41) is 0. The molecule has 156 valence electrons. The van der Waals surface area contributed by atoms with Crippen molar-refractivity contribution in [3.63, 3.8) is 0 Å². The quantitative estimate of drug-likeness (QED) is 0.447. The molecule has 0 aromatic carbocycles. The van der Waals surface area contributed by atoms with E-state index in [0.717, 1.165) is 0 Å². The lowest BCUT2D eigenvalue weighted by Gasteiger charge is -2.30. The molecular formula is C16H32N6O5. The van der Waals surface area contributed by atoms with Crippen molar-refractivity contribution in [2.75, 3.05) is 77.5 Å². The lowest BCUT2D eigenvalue weighted by Crippen LogP contribution is -2.39. The highest BCUT2D eigenvalue weighted by Gasteiger charge is 2.23. The van der Waals surface area contributed by atoms with Crippen molar-refractivity contribution in [3.8, 4) is 0 Å². The summed E-state index contributed by atoms with van der Waals surface area (Å²) < 4.78 is 26.6. The molecule has 1 aromatic rings. The largest absolute Gasteiger partial charge is 0.364 e. The molecule has 27 heavy (non-hydrogen) atoms. The Labute approximate surface area is 161 Å². The zero-order valence-corrected chi connectivity index (χ0v) is 17.5. The van der Waals surface area contributed by atoms with E-state index in [1.165, 1.54) is 0 Å². The number of rotatable bonds is 13. The third-order valence-corrected chi connectivity index (χ3v) is 3.96. The number of nitrogens with zero attached hydrogens (tertiary/aromatic N) is 6. The second-order valence-electron chi connectivity index (χ2n) is 5.78. The second kappa shape index (κ2) is 11.8. The first-order valence-corrected chi connectivity index (χ1v) is 8.46. The minimum absolute atomic E-state index is 0.234. The van der Waals surface area contributed by atoms with Crippen molar-refractivity contribution >= 4 is 17.8 Å². The monoisotopic (exact) mass is 388 g/mol. The predicted octanol–water partition coefficient (Wildman–Crippen LogP) is 0.717. The molecular weight excluding hydrogens is 356 g/mol. The highest BCUT2D eigenvalue weighted by atomic mass is 16.5. The molecule has 0 radical (unpaired) electrons. The Kier molecular flexibility index (Phi) is 10.2. The lowest BCUT2D eigenvalue weighted by molar-refractivity contribution is 0.0796. The lowest BCUT2D eigenvalue weighted by atomic mass is 10.5. The number of ether oxygens (including phenoxy) is 5. The molecule has 0 fully saturated rings. The highest BCUT2D eigenvalue weighted by molar-refractivity contribution is 5.46. The molecule has 0 saturated heterocycles. The van der Waals surface area contributed by atoms with Gasteiger partial charge < -0.3 is 28.6 Å². The van der Waals surface area contributed by atoms with Crippen LogP contribution in [0, 0.1) is 0 Å². The summed E-state index contributed by atoms with van der Waals surface area (Å²) in [6.45, 7) is 4.53. The van der Waals surface area contributed by atoms with Crippen molar-refractivity contribution in [1.82, 2.24) is 15.0 Å². The standard InChI is InChI=1S/C16H32N6O5/c1-12(26-7)20(3)14-17-15(21(9-23-4)10-24-5)19-16(18-14)22(11-25-6)13(2)27-8/h12-13H,9-11H2,1-8H3/t12-,13-/m0/s1. The van der Waals surface area contributed by atoms with Gasteiger partial charge in [0.05, 0.1) is 0 Å². The van der Waals surface area contributed by atoms with E-state index in [4.69, 9.17) is 23.7 Å². The van der Waals surface area contributed by atoms with Crippen LogP contribution in [-0.4, -0.2) is 90.2 Å². The van der Waals surface area contributed by atoms with Crippen molar-refractivity contribution < 1.29 is 23.7 Å². The molecule has 11 heteroatoms. The van der Waals surface area contributed by atoms with E-state index in [1.54, 1.807) is 50.2 Å². The van der Waals surface area contributed by atoms with Crippen LogP contribution in [0.2, 0.25) is 0 Å². The van der Waals surface area contributed by atoms with Gasteiger partial charge >= 0.3 is 0 Å². The van der Waals surface area contributed by atoms with E-state index in [1.807, 2.05) is 20.9 Å². The zero-order chi connectivity index (χ0) is 20.4. The predicted molar refractivity (Wildman–Crippen MR) is 102 cm³/mol. The van der Waals surface area contributed by atoms with Crippen LogP contribution >= 0.6 is 0 Å². The van der Waals surface area contributed by atoms with Gasteiger partial charge in [0.15, 0.2) is 0 Å². The first-order chi connectivity index (χ1) is 12.9. The number of hydrogen-bond donors (Lipinski definition) is 0. The van der Waals surface area contributed by atoms with E-state index in [9.17, 15) is 0 Å². The van der Waals surface area contributed by atoms with E-state index >= 15 is 0 Å². The SMILES string of the molecule is COCN(COC)c1nc(N(C)[C@H](C)OC)nc(N(COC)[C@H](C)OC)n1. The summed E-state index contributed by atoms with van der Waals surface area (Å²) in [5.74, 6) is 1.24. The molecule has 0 aliphatic heterocycles. The van der Waals surface area contributed by atoms with Gasteiger partial charge in [0.25, 0.3) is 0 Å². The normalized spacial score (nSPS) is 13.3. The molecule has 0 N–H and O–H groups in total. The third kappa shape index (κ3) is 6.40. The second-order valence-corrected chi connectivity index (χ2v) is 5.78. The maximum Gasteiger partial charge on any atom is 0.235 e. The molecule has 0 spiro atoms. The number of aromatic nitrogens is 3. The first kappa shape index (κ1) is 23.2. The van der Waals surface area contributed by atoms with E-state index in [-0.39, 0.29) is 32.6 Å². The Hall–Kier alpha value is -1.79. The van der Waals surface area contributed by atoms with E-state index in [0.29, 0.717) is 17.8 Å². The average molecular weight is 388 g/mol. The summed E-state index contributed by atoms with van der Waals surface area (Å²) in [5.41, 5.74) is 0. The summed E-state index contributed by atoms with van der Waals surface area (Å²) in [4.78, 5) is 19.0. The summed E-state index contributed by atoms with van der Waals surface area (Å²) >= 11 is 0. The van der Waals surface area contributed by atoms with Gasteiger partial charge in [0.2, 0.25) is 17.8 Å². The Morgan fingerprint density at radius 2 is 1.19 bits per heavy atom. The smallest absolute Gasteiger partial charge is 0.235 e. The zero-order valence-electron chi connectivity index (χ0n) is 17.5. The molecule has 1 rings (SSSR count). The third-order valence-electron chi connectivity index (χ3n) is 3.96. The van der Waals surface area contributed by atoms with Crippen molar-refractivity contribution in [2.45, 2.75) is 26.3 Å². The Balaban J connectivity index is 3.44. The Morgan fingerprint density at radius 1 is 0.704 bits per heavy atom. The van der Waals surface area contributed by atoms with Gasteiger partial charge in [0.1, 0.15) is 32.6 Å². The van der Waals surface area contributed by atoms with Crippen LogP contribution < -0.4 is 14.7 Å². The van der Waals surface area contributed by atoms with Gasteiger partial charge in [-0.15, -0.1) is 0 Å². The van der Waals surface area contributed by atoms with Gasteiger partial charge in [-0.3, -0.25) is 9.80 Å². The Morgan fingerprint density at radius 3 is 1.67 bits per heavy atom. The topological polar surface area (TPSA) is 94.5 Å². The van der Waals surface area contributed by atoms with Crippen LogP contribution in [0.5, 0.6) is 0 Å². The fourth-order valence-corrected chi connectivity index (χ4v) is 2.15. The molecule has 0 aliphatic carbocycles. The molecule has 0 saturated carbocycles. The molecule has 1 aromatic heterocycles. The fourth-order valence-electron chi connectivity index (χ4n) is 2.15. The van der Waals surface area contributed by atoms with Gasteiger partial charge in [-0.2, -0.15) is 15.0 Å². The molecule has 1 heterocycles. The van der Waals surface area contributed by atoms with Crippen molar-refractivity contribution in [1.29, 1.82) is 0 Å². The number of anilines is 3. The Bertz CT molecular complexity index is 546. The van der Waals surface area contributed by atoms with Gasteiger partial charge in [0, 0.05) is 42.6 Å². The number of hydrogen-bond acceptors (Lipinski definition) is 11. The minimum atomic E-state index is -0.309. The molecule has 2 atom stereocenters. The van der Waals surface area contributed by atoms with Crippen LogP contribution in [0.4, 0.5) is 17.8 Å². The maximum absolute atomic E-state index is 5.43. The van der Waals surface area contributed by atoms with Crippen LogP contribution in [0.3, 0.4) is 0 Å². The summed E-state index contributed by atoms with van der Waals surface area (Å²) in [7, 11) is 9.85. The summed E-state index contributed by atoms with van der Waals surface area (Å²) in [6, 6.07) is 0. The van der Waals surface area contributed by atoms with Crippen LogP contribution in [0.1, 0.15) is 13.8 Å². The fraction of sp³-hybridized carbons (Fsp3) is 0.812. The van der Waals surface area contributed by atoms with E-state index < -0.39 is 0 Å². The molecule has 0 aliphatic rings. The van der Waals surface area contributed by atoms with Crippen molar-refractivity contribution in [2.24, 2.45) is 0 Å².